The third kappa shape index (κ3) is 14.2. The molecule has 0 radical (unpaired) electrons. The van der Waals surface area contributed by atoms with Gasteiger partial charge >= 0.3 is 11.9 Å². The predicted octanol–water partition coefficient (Wildman–Crippen LogP) is 14.3. The fourth-order valence-corrected chi connectivity index (χ4v) is 11.0. The Morgan fingerprint density at radius 1 is 0.321 bits per heavy atom. The summed E-state index contributed by atoms with van der Waals surface area (Å²) in [5.74, 6) is -2.74. The van der Waals surface area contributed by atoms with Gasteiger partial charge in [-0.1, -0.05) is 132 Å². The van der Waals surface area contributed by atoms with Gasteiger partial charge in [-0.15, -0.1) is 0 Å². The van der Waals surface area contributed by atoms with Crippen LogP contribution >= 0.6 is 0 Å². The van der Waals surface area contributed by atoms with E-state index in [1.165, 1.54) is 24.3 Å². The van der Waals surface area contributed by atoms with Crippen LogP contribution < -0.4 is 30.7 Å². The maximum Gasteiger partial charge on any atom is 0.343 e. The van der Waals surface area contributed by atoms with Crippen molar-refractivity contribution in [2.45, 2.75) is 182 Å². The molecule has 0 fully saturated rings. The number of carbonyl (C=O) groups is 6. The Balaban J connectivity index is 1.40. The summed E-state index contributed by atoms with van der Waals surface area (Å²) >= 11 is 0. The molecule has 5 heterocycles. The highest BCUT2D eigenvalue weighted by molar-refractivity contribution is 6.01. The van der Waals surface area contributed by atoms with Gasteiger partial charge in [0.2, 0.25) is 23.6 Å². The third-order valence-corrected chi connectivity index (χ3v) is 16.0. The highest BCUT2D eigenvalue weighted by atomic mass is 16.5. The van der Waals surface area contributed by atoms with Crippen LogP contribution in [-0.4, -0.2) is 45.8 Å². The minimum atomic E-state index is -0.799. The number of amides is 4. The number of carbonyl (C=O) groups excluding carboxylic acids is 6. The first-order valence-electron chi connectivity index (χ1n) is 29.3. The Bertz CT molecular complexity index is 3250. The SMILES string of the molecule is CC(C)(C)c1cc2c(O)c(c1)Cc1cc(C(C)(C)C)cc3c1OC(=O)c1cc4cc(c1)NC(=O)CCCCC(=O)Nc1cc(cc(c1)C(=O)Oc1c(cc(C(C)(C)C)cc1Cc1cc(C(C)(C)C)cc(c1O)C3)C2)NC(=O)CCCCC(=O)N4. The molecule has 14 nitrogen and oxygen atoms in total. The molecule has 6 aromatic carbocycles. The van der Waals surface area contributed by atoms with Crippen LogP contribution in [0, 0.1) is 0 Å². The zero-order valence-electron chi connectivity index (χ0n) is 50.7. The zero-order valence-corrected chi connectivity index (χ0v) is 50.7. The van der Waals surface area contributed by atoms with Crippen molar-refractivity contribution >= 4 is 58.3 Å². The molecule has 16 bridgehead atoms. The van der Waals surface area contributed by atoms with Crippen LogP contribution in [0.5, 0.6) is 23.0 Å². The maximum absolute atomic E-state index is 15.3. The third-order valence-electron chi connectivity index (χ3n) is 16.0. The number of hydrogen-bond donors (Lipinski definition) is 6. The van der Waals surface area contributed by atoms with E-state index in [1.54, 1.807) is 12.1 Å². The van der Waals surface area contributed by atoms with Gasteiger partial charge in [0.1, 0.15) is 23.0 Å². The first-order valence-corrected chi connectivity index (χ1v) is 29.3. The lowest BCUT2D eigenvalue weighted by atomic mass is 9.79. The van der Waals surface area contributed by atoms with Crippen LogP contribution in [-0.2, 0) is 66.5 Å². The number of esters is 2. The number of nitrogens with one attached hydrogen (secondary N) is 4. The Morgan fingerprint density at radius 2 is 0.536 bits per heavy atom. The van der Waals surface area contributed by atoms with E-state index in [1.807, 2.05) is 48.5 Å². The van der Waals surface area contributed by atoms with Gasteiger partial charge in [0.05, 0.1) is 11.1 Å². The first kappa shape index (κ1) is 60.3. The van der Waals surface area contributed by atoms with E-state index in [9.17, 15) is 29.4 Å². The minimum absolute atomic E-state index is 0.00452. The van der Waals surface area contributed by atoms with Crippen LogP contribution in [0.2, 0.25) is 0 Å². The van der Waals surface area contributed by atoms with E-state index in [0.717, 1.165) is 22.3 Å². The largest absolute Gasteiger partial charge is 0.507 e. The van der Waals surface area contributed by atoms with Crippen LogP contribution in [0.25, 0.3) is 0 Å². The number of anilines is 4. The lowest BCUT2D eigenvalue weighted by Gasteiger charge is -2.28. The van der Waals surface area contributed by atoms with Crippen molar-refractivity contribution in [2.24, 2.45) is 0 Å². The van der Waals surface area contributed by atoms with Crippen molar-refractivity contribution in [2.75, 3.05) is 21.3 Å². The molecule has 0 aromatic heterocycles. The Hall–Kier alpha value is -8.26. The Labute approximate surface area is 493 Å². The second-order valence-electron chi connectivity index (χ2n) is 27.2. The summed E-state index contributed by atoms with van der Waals surface area (Å²) in [6.45, 7) is 25.2. The van der Waals surface area contributed by atoms with Crippen molar-refractivity contribution in [1.82, 2.24) is 0 Å². The standard InChI is InChI=1S/C70H80N4O10/c1-67(2,3)49-25-39-21-43-29-51(69(7,8)9)31-45-23-41-27-50(68(4,5)6)28-42(62(41)80)24-46-32-52(70(10,11)12)30-44(22-40(26-49)61(39)79)64(46)84-66(82)48-35-55-38-56(36-48)74-60(78)20-16-14-18-58(76)72-54-34-47(65(81)83-63(43)45)33-53(37-54)71-57(75)17-13-15-19-59(77)73-55/h25-38,79-80H,13-24H2,1-12H3,(H,71,75)(H,72,76)(H,73,77)(H,74,78). The van der Waals surface area contributed by atoms with Crippen LogP contribution in [0.3, 0.4) is 0 Å². The molecule has 14 heteroatoms. The molecule has 6 N–H and O–H groups in total. The average molecular weight is 1140 g/mol. The van der Waals surface area contributed by atoms with Gasteiger partial charge in [0.25, 0.3) is 0 Å². The van der Waals surface area contributed by atoms with Gasteiger partial charge < -0.3 is 41.0 Å². The fourth-order valence-electron chi connectivity index (χ4n) is 11.0. The first-order chi connectivity index (χ1) is 39.3. The van der Waals surface area contributed by atoms with E-state index in [2.05, 4.69) is 104 Å². The maximum atomic E-state index is 15.3. The molecule has 5 aliphatic heterocycles. The van der Waals surface area contributed by atoms with Gasteiger partial charge in [0.15, 0.2) is 0 Å². The highest BCUT2D eigenvalue weighted by Crippen LogP contribution is 2.45. The number of phenolic OH excluding ortho intramolecular Hbond substituents is 2. The van der Waals surface area contributed by atoms with E-state index in [-0.39, 0.29) is 108 Å². The number of rotatable bonds is 0. The number of aromatic hydroxyl groups is 2. The molecule has 6 aromatic rings. The molecule has 0 spiro atoms. The second kappa shape index (κ2) is 23.4. The zero-order chi connectivity index (χ0) is 60.8. The molecule has 84 heavy (non-hydrogen) atoms. The van der Waals surface area contributed by atoms with Crippen LogP contribution in [0.1, 0.15) is 222 Å². The topological polar surface area (TPSA) is 209 Å². The minimum Gasteiger partial charge on any atom is -0.507 e. The summed E-state index contributed by atoms with van der Waals surface area (Å²) in [6, 6.07) is 25.1. The summed E-state index contributed by atoms with van der Waals surface area (Å²) in [7, 11) is 0. The molecule has 0 saturated heterocycles. The molecular formula is C70H80N4O10. The molecule has 0 unspecified atom stereocenters. The van der Waals surface area contributed by atoms with Crippen molar-refractivity contribution in [1.29, 1.82) is 0 Å². The summed E-state index contributed by atoms with van der Waals surface area (Å²) in [4.78, 5) is 85.3. The van der Waals surface area contributed by atoms with E-state index < -0.39 is 57.2 Å². The highest BCUT2D eigenvalue weighted by Gasteiger charge is 2.31. The average Bonchev–Trinajstić information content (AvgIpc) is 1.63. The van der Waals surface area contributed by atoms with Gasteiger partial charge in [-0.2, -0.15) is 0 Å². The molecule has 6 aliphatic rings. The van der Waals surface area contributed by atoms with Crippen LogP contribution in [0.15, 0.2) is 84.9 Å². The van der Waals surface area contributed by atoms with Gasteiger partial charge in [0, 0.05) is 96.4 Å². The van der Waals surface area contributed by atoms with Gasteiger partial charge in [-0.05, 0) is 128 Å². The molecule has 440 valence electrons. The normalized spacial score (nSPS) is 16.1. The predicted molar refractivity (Wildman–Crippen MR) is 329 cm³/mol. The molecule has 1 aliphatic carbocycles. The Morgan fingerprint density at radius 3 is 0.750 bits per heavy atom. The van der Waals surface area contributed by atoms with Crippen molar-refractivity contribution < 1.29 is 48.5 Å². The summed E-state index contributed by atoms with van der Waals surface area (Å²) in [5.41, 5.74) is 7.29. The summed E-state index contributed by atoms with van der Waals surface area (Å²) in [6.07, 6.45) is 1.68. The number of benzene rings is 6. The van der Waals surface area contributed by atoms with Crippen LogP contribution in [0.4, 0.5) is 22.7 Å². The summed E-state index contributed by atoms with van der Waals surface area (Å²) in [5, 5.41) is 37.5. The molecule has 0 atom stereocenters. The fraction of sp³-hybridized carbons (Fsp3) is 0.400. The second-order valence-corrected chi connectivity index (χ2v) is 27.2. The lowest BCUT2D eigenvalue weighted by molar-refractivity contribution is -0.118. The molecule has 12 rings (SSSR count). The lowest BCUT2D eigenvalue weighted by Crippen LogP contribution is -2.19. The smallest absolute Gasteiger partial charge is 0.343 e. The number of phenols is 2. The molecular weight excluding hydrogens is 1060 g/mol. The number of ether oxygens (including phenoxy) is 2. The van der Waals surface area contributed by atoms with Crippen molar-refractivity contribution in [3.8, 4) is 23.0 Å². The monoisotopic (exact) mass is 1140 g/mol. The van der Waals surface area contributed by atoms with Crippen molar-refractivity contribution in [3.05, 3.63) is 163 Å². The van der Waals surface area contributed by atoms with Gasteiger partial charge in [-0.3, -0.25) is 19.2 Å². The summed E-state index contributed by atoms with van der Waals surface area (Å²) < 4.78 is 13.5. The van der Waals surface area contributed by atoms with E-state index >= 15 is 9.59 Å². The molecule has 4 amide bonds. The van der Waals surface area contributed by atoms with Crippen molar-refractivity contribution in [3.63, 3.8) is 0 Å². The Kier molecular flexibility index (Phi) is 16.8. The van der Waals surface area contributed by atoms with E-state index in [4.69, 9.17) is 9.47 Å². The molecule has 0 saturated carbocycles. The number of hydrogen-bond acceptors (Lipinski definition) is 10. The quantitative estimate of drug-likeness (QED) is 0.0625. The van der Waals surface area contributed by atoms with E-state index in [0.29, 0.717) is 70.2 Å². The van der Waals surface area contributed by atoms with Gasteiger partial charge in [-0.25, -0.2) is 9.59 Å².